The number of H-pyrrole nitrogens is 1. The van der Waals surface area contributed by atoms with E-state index in [9.17, 15) is 24.0 Å². The second-order valence-electron chi connectivity index (χ2n) is 5.28. The summed E-state index contributed by atoms with van der Waals surface area (Å²) in [6, 6.07) is 1.04. The number of hydrogen-bond donors (Lipinski definition) is 1. The lowest BCUT2D eigenvalue weighted by Crippen LogP contribution is -2.51. The highest BCUT2D eigenvalue weighted by molar-refractivity contribution is 5.68. The smallest absolute Gasteiger partial charge is 0.349 e. The van der Waals surface area contributed by atoms with Crippen LogP contribution in [0.4, 0.5) is 0 Å². The number of nitrogens with one attached hydrogen (secondary N) is 1. The van der Waals surface area contributed by atoms with Crippen molar-refractivity contribution in [2.45, 2.75) is 39.2 Å². The van der Waals surface area contributed by atoms with Crippen LogP contribution in [-0.4, -0.2) is 52.6 Å². The Labute approximate surface area is 146 Å². The number of aromatic amines is 1. The van der Waals surface area contributed by atoms with Crippen LogP contribution in [0.2, 0.25) is 0 Å². The number of aromatic nitrogens is 2. The Bertz CT molecular complexity index is 814. The molecular formula is C14H17N3O9. The highest BCUT2D eigenvalue weighted by Gasteiger charge is 2.49. The standard InChI is InChI=1S/C14H17N3O9/c1-7(18)23-6-10-12(24-8(2)19)13(25-9(3)20)17(26-10)16-5-4-11(21)15-14(16)22/h4-5,10,12-13H,6H2,1-3H3,(H,15,21,22)/t10-,12-,13-/m1/s1. The summed E-state index contributed by atoms with van der Waals surface area (Å²) in [5.74, 6) is -2.07. The number of ether oxygens (including phenoxy) is 3. The van der Waals surface area contributed by atoms with Crippen molar-refractivity contribution in [3.8, 4) is 0 Å². The zero-order valence-corrected chi connectivity index (χ0v) is 14.2. The fraction of sp³-hybridized carbons (Fsp3) is 0.500. The van der Waals surface area contributed by atoms with Gasteiger partial charge in [0.1, 0.15) is 6.61 Å². The molecule has 1 aliphatic rings. The molecule has 0 unspecified atom stereocenters. The van der Waals surface area contributed by atoms with Gasteiger partial charge in [-0.1, -0.05) is 0 Å². The van der Waals surface area contributed by atoms with Gasteiger partial charge in [-0.15, -0.1) is 5.17 Å². The molecule has 1 aromatic rings. The first-order valence-corrected chi connectivity index (χ1v) is 7.45. The van der Waals surface area contributed by atoms with Crippen LogP contribution >= 0.6 is 0 Å². The van der Waals surface area contributed by atoms with Crippen LogP contribution in [0.25, 0.3) is 0 Å². The minimum atomic E-state index is -1.36. The van der Waals surface area contributed by atoms with Crippen molar-refractivity contribution in [3.05, 3.63) is 33.1 Å². The van der Waals surface area contributed by atoms with Crippen LogP contribution in [-0.2, 0) is 33.4 Å². The molecule has 0 bridgehead atoms. The minimum absolute atomic E-state index is 0.334. The van der Waals surface area contributed by atoms with Crippen molar-refractivity contribution in [1.29, 1.82) is 0 Å². The van der Waals surface area contributed by atoms with Crippen LogP contribution in [0.5, 0.6) is 0 Å². The summed E-state index contributed by atoms with van der Waals surface area (Å²) in [7, 11) is 0. The summed E-state index contributed by atoms with van der Waals surface area (Å²) in [6.07, 6.45) is -2.54. The number of carbonyl (C=O) groups excluding carboxylic acids is 3. The maximum atomic E-state index is 12.0. The Hall–Kier alpha value is -3.15. The molecule has 142 valence electrons. The Morgan fingerprint density at radius 3 is 2.31 bits per heavy atom. The molecule has 1 aliphatic heterocycles. The number of esters is 3. The number of carbonyl (C=O) groups is 3. The Morgan fingerprint density at radius 1 is 1.12 bits per heavy atom. The third-order valence-corrected chi connectivity index (χ3v) is 3.17. The summed E-state index contributed by atoms with van der Waals surface area (Å²) in [5.41, 5.74) is -1.54. The van der Waals surface area contributed by atoms with E-state index in [4.69, 9.17) is 19.0 Å². The van der Waals surface area contributed by atoms with Gasteiger partial charge in [0.05, 0.1) is 0 Å². The van der Waals surface area contributed by atoms with Gasteiger partial charge < -0.3 is 14.2 Å². The molecule has 12 nitrogen and oxygen atoms in total. The first kappa shape index (κ1) is 19.2. The predicted molar refractivity (Wildman–Crippen MR) is 82.2 cm³/mol. The molecule has 2 heterocycles. The van der Waals surface area contributed by atoms with Crippen molar-refractivity contribution in [3.63, 3.8) is 0 Å². The molecular weight excluding hydrogens is 354 g/mol. The highest BCUT2D eigenvalue weighted by Crippen LogP contribution is 2.24. The topological polar surface area (TPSA) is 146 Å². The summed E-state index contributed by atoms with van der Waals surface area (Å²) in [4.78, 5) is 64.6. The van der Waals surface area contributed by atoms with Crippen molar-refractivity contribution in [1.82, 2.24) is 9.66 Å². The van der Waals surface area contributed by atoms with Crippen LogP contribution in [0.1, 0.15) is 20.8 Å². The normalized spacial score (nSPS) is 22.0. The number of hydrogen-bond acceptors (Lipinski definition) is 10. The lowest BCUT2D eigenvalue weighted by atomic mass is 10.2. The van der Waals surface area contributed by atoms with Crippen LogP contribution in [0, 0.1) is 0 Å². The van der Waals surface area contributed by atoms with E-state index in [2.05, 4.69) is 0 Å². The maximum Gasteiger partial charge on any atom is 0.349 e. The van der Waals surface area contributed by atoms with E-state index in [1.807, 2.05) is 4.98 Å². The van der Waals surface area contributed by atoms with Gasteiger partial charge in [-0.05, 0) is 0 Å². The molecule has 12 heteroatoms. The van der Waals surface area contributed by atoms with Gasteiger partial charge in [0, 0.05) is 33.0 Å². The number of nitrogens with zero attached hydrogens (tertiary/aromatic N) is 2. The lowest BCUT2D eigenvalue weighted by molar-refractivity contribution is -0.165. The van der Waals surface area contributed by atoms with Gasteiger partial charge in [-0.3, -0.25) is 24.2 Å². The van der Waals surface area contributed by atoms with E-state index >= 15 is 0 Å². The summed E-state index contributed by atoms with van der Waals surface area (Å²) in [5, 5.41) is 0.821. The number of hydroxylamine groups is 1. The predicted octanol–water partition coefficient (Wildman–Crippen LogP) is -1.83. The first-order valence-electron chi connectivity index (χ1n) is 7.45. The van der Waals surface area contributed by atoms with Crippen molar-refractivity contribution in [2.24, 2.45) is 0 Å². The van der Waals surface area contributed by atoms with Gasteiger partial charge in [0.15, 0.2) is 12.2 Å². The largest absolute Gasteiger partial charge is 0.463 e. The lowest BCUT2D eigenvalue weighted by Gasteiger charge is -2.25. The molecule has 0 amide bonds. The summed E-state index contributed by atoms with van der Waals surface area (Å²) in [6.45, 7) is 3.07. The first-order chi connectivity index (χ1) is 12.2. The molecule has 26 heavy (non-hydrogen) atoms. The van der Waals surface area contributed by atoms with Crippen molar-refractivity contribution >= 4 is 17.9 Å². The molecule has 1 aromatic heterocycles. The third kappa shape index (κ3) is 4.47. The molecule has 0 saturated carbocycles. The molecule has 0 spiro atoms. The molecule has 3 atom stereocenters. The van der Waals surface area contributed by atoms with E-state index in [0.29, 0.717) is 0 Å². The fourth-order valence-electron chi connectivity index (χ4n) is 2.24. The molecule has 0 aliphatic carbocycles. The molecule has 1 fully saturated rings. The van der Waals surface area contributed by atoms with Crippen LogP contribution < -0.4 is 16.4 Å². The SMILES string of the molecule is CC(=O)OC[C@H]1ON(n2ccc(=O)[nH]c2=O)[C@H](OC(C)=O)[C@@H]1OC(C)=O. The van der Waals surface area contributed by atoms with Gasteiger partial charge >= 0.3 is 23.6 Å². The van der Waals surface area contributed by atoms with Crippen LogP contribution in [0.15, 0.2) is 21.9 Å². The van der Waals surface area contributed by atoms with Gasteiger partial charge in [-0.2, -0.15) is 4.68 Å². The van der Waals surface area contributed by atoms with Gasteiger partial charge in [0.2, 0.25) is 0 Å². The van der Waals surface area contributed by atoms with Gasteiger partial charge in [-0.25, -0.2) is 9.63 Å². The Balaban J connectivity index is 2.41. The van der Waals surface area contributed by atoms with Crippen molar-refractivity contribution in [2.75, 3.05) is 11.8 Å². The van der Waals surface area contributed by atoms with Gasteiger partial charge in [0.25, 0.3) is 11.8 Å². The third-order valence-electron chi connectivity index (χ3n) is 3.17. The van der Waals surface area contributed by atoms with E-state index < -0.39 is 47.6 Å². The average molecular weight is 371 g/mol. The number of rotatable bonds is 5. The summed E-state index contributed by atoms with van der Waals surface area (Å²) >= 11 is 0. The molecule has 1 N–H and O–H groups in total. The zero-order valence-electron chi connectivity index (χ0n) is 14.2. The monoisotopic (exact) mass is 371 g/mol. The average Bonchev–Trinajstić information content (AvgIpc) is 2.82. The second-order valence-corrected chi connectivity index (χ2v) is 5.28. The molecule has 0 aromatic carbocycles. The van der Waals surface area contributed by atoms with E-state index in [0.717, 1.165) is 36.0 Å². The highest BCUT2D eigenvalue weighted by atomic mass is 16.8. The fourth-order valence-corrected chi connectivity index (χ4v) is 2.24. The van der Waals surface area contributed by atoms with E-state index in [1.165, 1.54) is 6.92 Å². The quantitative estimate of drug-likeness (QED) is 0.463. The second kappa shape index (κ2) is 7.82. The Kier molecular flexibility index (Phi) is 5.77. The maximum absolute atomic E-state index is 12.0. The van der Waals surface area contributed by atoms with Crippen molar-refractivity contribution < 1.29 is 33.4 Å². The summed E-state index contributed by atoms with van der Waals surface area (Å²) < 4.78 is 15.9. The molecule has 1 saturated heterocycles. The van der Waals surface area contributed by atoms with E-state index in [-0.39, 0.29) is 6.61 Å². The minimum Gasteiger partial charge on any atom is -0.463 e. The van der Waals surface area contributed by atoms with Crippen LogP contribution in [0.3, 0.4) is 0 Å². The molecule has 2 rings (SSSR count). The molecule has 0 radical (unpaired) electrons. The Morgan fingerprint density at radius 2 is 1.77 bits per heavy atom. The van der Waals surface area contributed by atoms with E-state index in [1.54, 1.807) is 0 Å². The zero-order chi connectivity index (χ0) is 19.4.